The number of hydrogen-bond acceptors (Lipinski definition) is 2. The molecule has 3 heteroatoms. The van der Waals surface area contributed by atoms with Gasteiger partial charge in [-0.1, -0.05) is 0 Å². The van der Waals surface area contributed by atoms with E-state index in [9.17, 15) is 0 Å². The molecule has 1 aromatic rings. The van der Waals surface area contributed by atoms with Gasteiger partial charge in [0.2, 0.25) is 0 Å². The predicted octanol–water partition coefficient (Wildman–Crippen LogP) is 1.33. The van der Waals surface area contributed by atoms with Crippen molar-refractivity contribution < 1.29 is 0 Å². The number of aryl methyl sites for hydroxylation is 1. The summed E-state index contributed by atoms with van der Waals surface area (Å²) in [5.41, 5.74) is 1.12. The van der Waals surface area contributed by atoms with Crippen molar-refractivity contribution in [2.45, 2.75) is 18.9 Å². The second-order valence-electron chi connectivity index (χ2n) is 2.13. The molecule has 0 aliphatic rings. The maximum atomic E-state index is 4.16. The fraction of sp³-hybridized carbons (Fsp3) is 0.500. The Morgan fingerprint density at radius 3 is 2.11 bits per heavy atom. The summed E-state index contributed by atoms with van der Waals surface area (Å²) in [5.74, 6) is 1.01. The fourth-order valence-corrected chi connectivity index (χ4v) is 0.997. The first-order chi connectivity index (χ1) is 4.13. The SMILES string of the molecule is Cc1nc(S)c(C)n1C. The Hall–Kier alpha value is -0.440. The topological polar surface area (TPSA) is 17.8 Å². The van der Waals surface area contributed by atoms with Crippen LogP contribution in [0.1, 0.15) is 11.5 Å². The van der Waals surface area contributed by atoms with Crippen LogP contribution < -0.4 is 0 Å². The first-order valence-electron chi connectivity index (χ1n) is 2.82. The van der Waals surface area contributed by atoms with E-state index in [-0.39, 0.29) is 0 Å². The zero-order valence-electron chi connectivity index (χ0n) is 5.84. The molecule has 1 heterocycles. The smallest absolute Gasteiger partial charge is 0.114 e. The summed E-state index contributed by atoms with van der Waals surface area (Å²) < 4.78 is 2.02. The van der Waals surface area contributed by atoms with Crippen LogP contribution >= 0.6 is 12.6 Å². The van der Waals surface area contributed by atoms with E-state index < -0.39 is 0 Å². The molecule has 1 aromatic heterocycles. The van der Waals surface area contributed by atoms with Gasteiger partial charge in [0.1, 0.15) is 10.9 Å². The van der Waals surface area contributed by atoms with Crippen molar-refractivity contribution in [3.63, 3.8) is 0 Å². The highest BCUT2D eigenvalue weighted by Gasteiger charge is 2.01. The quantitative estimate of drug-likeness (QED) is 0.541. The van der Waals surface area contributed by atoms with E-state index in [2.05, 4.69) is 17.6 Å². The highest BCUT2D eigenvalue weighted by Crippen LogP contribution is 2.10. The lowest BCUT2D eigenvalue weighted by Gasteiger charge is -1.94. The first kappa shape index (κ1) is 6.68. The van der Waals surface area contributed by atoms with Crippen molar-refractivity contribution in [2.24, 2.45) is 7.05 Å². The normalized spacial score (nSPS) is 10.2. The highest BCUT2D eigenvalue weighted by molar-refractivity contribution is 7.80. The van der Waals surface area contributed by atoms with Gasteiger partial charge in [-0.3, -0.25) is 0 Å². The molecule has 0 aromatic carbocycles. The van der Waals surface area contributed by atoms with Crippen LogP contribution in [0.4, 0.5) is 0 Å². The van der Waals surface area contributed by atoms with E-state index in [1.54, 1.807) is 0 Å². The number of nitrogens with zero attached hydrogens (tertiary/aromatic N) is 2. The Bertz CT molecular complexity index is 205. The minimum absolute atomic E-state index is 0.829. The first-order valence-corrected chi connectivity index (χ1v) is 3.26. The minimum atomic E-state index is 0.829. The summed E-state index contributed by atoms with van der Waals surface area (Å²) in [6.07, 6.45) is 0. The van der Waals surface area contributed by atoms with Gasteiger partial charge in [-0.2, -0.15) is 0 Å². The molecule has 1 rings (SSSR count). The third-order valence-electron chi connectivity index (χ3n) is 1.58. The third-order valence-corrected chi connectivity index (χ3v) is 2.00. The van der Waals surface area contributed by atoms with Crippen molar-refractivity contribution in [3.8, 4) is 0 Å². The van der Waals surface area contributed by atoms with Crippen molar-refractivity contribution in [1.29, 1.82) is 0 Å². The molecule has 0 unspecified atom stereocenters. The summed E-state index contributed by atoms with van der Waals surface area (Å²) >= 11 is 4.16. The van der Waals surface area contributed by atoms with E-state index in [1.807, 2.05) is 25.5 Å². The van der Waals surface area contributed by atoms with Crippen molar-refractivity contribution >= 4 is 12.6 Å². The van der Waals surface area contributed by atoms with E-state index >= 15 is 0 Å². The molecule has 0 atom stereocenters. The van der Waals surface area contributed by atoms with Crippen LogP contribution in [0.3, 0.4) is 0 Å². The third kappa shape index (κ3) is 0.965. The molecule has 0 bridgehead atoms. The van der Waals surface area contributed by atoms with Crippen molar-refractivity contribution in [1.82, 2.24) is 9.55 Å². The van der Waals surface area contributed by atoms with Gasteiger partial charge in [0, 0.05) is 12.7 Å². The number of hydrogen-bond donors (Lipinski definition) is 1. The Morgan fingerprint density at radius 1 is 1.44 bits per heavy atom. The van der Waals surface area contributed by atoms with Crippen LogP contribution in [0.15, 0.2) is 5.03 Å². The van der Waals surface area contributed by atoms with Crippen LogP contribution in [-0.2, 0) is 7.05 Å². The number of thiol groups is 1. The Balaban J connectivity index is 3.29. The Morgan fingerprint density at radius 2 is 2.00 bits per heavy atom. The Kier molecular flexibility index (Phi) is 1.53. The molecule has 0 aliphatic carbocycles. The standard InChI is InChI=1S/C6H10N2S/c1-4-6(9)7-5(2)8(4)3/h9H,1-3H3. The molecule has 0 saturated carbocycles. The molecule has 0 amide bonds. The summed E-state index contributed by atoms with van der Waals surface area (Å²) in [5, 5.41) is 0.829. The largest absolute Gasteiger partial charge is 0.335 e. The van der Waals surface area contributed by atoms with Gasteiger partial charge in [-0.05, 0) is 13.8 Å². The molecule has 2 nitrogen and oxygen atoms in total. The highest BCUT2D eigenvalue weighted by atomic mass is 32.1. The molecule has 0 fully saturated rings. The molecule has 0 spiro atoms. The minimum Gasteiger partial charge on any atom is -0.335 e. The molecule has 0 radical (unpaired) electrons. The van der Waals surface area contributed by atoms with Crippen molar-refractivity contribution in [3.05, 3.63) is 11.5 Å². The van der Waals surface area contributed by atoms with Crippen molar-refractivity contribution in [2.75, 3.05) is 0 Å². The monoisotopic (exact) mass is 142 g/mol. The van der Waals surface area contributed by atoms with Crippen LogP contribution in [0.5, 0.6) is 0 Å². The molecule has 50 valence electrons. The molecular formula is C6H10N2S. The van der Waals surface area contributed by atoms with E-state index in [4.69, 9.17) is 0 Å². The van der Waals surface area contributed by atoms with Gasteiger partial charge >= 0.3 is 0 Å². The van der Waals surface area contributed by atoms with Gasteiger partial charge < -0.3 is 4.57 Å². The number of imidazole rings is 1. The molecular weight excluding hydrogens is 132 g/mol. The lowest BCUT2D eigenvalue weighted by molar-refractivity contribution is 0.825. The lowest BCUT2D eigenvalue weighted by Crippen LogP contribution is -1.92. The fourth-order valence-electron chi connectivity index (χ4n) is 0.702. The molecule has 0 saturated heterocycles. The van der Waals surface area contributed by atoms with Gasteiger partial charge in [0.05, 0.1) is 0 Å². The van der Waals surface area contributed by atoms with Gasteiger partial charge in [-0.15, -0.1) is 12.6 Å². The summed E-state index contributed by atoms with van der Waals surface area (Å²) in [6, 6.07) is 0. The van der Waals surface area contributed by atoms with E-state index in [0.717, 1.165) is 16.5 Å². The summed E-state index contributed by atoms with van der Waals surface area (Å²) in [4.78, 5) is 4.14. The molecule has 9 heavy (non-hydrogen) atoms. The predicted molar refractivity (Wildman–Crippen MR) is 39.9 cm³/mol. The lowest BCUT2D eigenvalue weighted by atomic mass is 10.5. The number of rotatable bonds is 0. The van der Waals surface area contributed by atoms with Gasteiger partial charge in [0.25, 0.3) is 0 Å². The molecule has 0 aliphatic heterocycles. The van der Waals surface area contributed by atoms with Gasteiger partial charge in [0.15, 0.2) is 0 Å². The maximum Gasteiger partial charge on any atom is 0.114 e. The van der Waals surface area contributed by atoms with Crippen LogP contribution in [0, 0.1) is 13.8 Å². The molecule has 0 N–H and O–H groups in total. The Labute approximate surface area is 60.3 Å². The van der Waals surface area contributed by atoms with Crippen LogP contribution in [0.25, 0.3) is 0 Å². The van der Waals surface area contributed by atoms with E-state index in [0.29, 0.717) is 0 Å². The summed E-state index contributed by atoms with van der Waals surface area (Å²) in [7, 11) is 1.98. The zero-order chi connectivity index (χ0) is 7.02. The van der Waals surface area contributed by atoms with E-state index in [1.165, 1.54) is 0 Å². The van der Waals surface area contributed by atoms with Gasteiger partial charge in [-0.25, -0.2) is 4.98 Å². The van der Waals surface area contributed by atoms with Crippen LogP contribution in [0.2, 0.25) is 0 Å². The average molecular weight is 142 g/mol. The van der Waals surface area contributed by atoms with Crippen LogP contribution in [-0.4, -0.2) is 9.55 Å². The maximum absolute atomic E-state index is 4.16. The number of aromatic nitrogens is 2. The average Bonchev–Trinajstić information content (AvgIpc) is 1.98. The second-order valence-corrected chi connectivity index (χ2v) is 2.55. The zero-order valence-corrected chi connectivity index (χ0v) is 6.74. The summed E-state index contributed by atoms with van der Waals surface area (Å²) in [6.45, 7) is 3.97. The second kappa shape index (κ2) is 2.06.